The number of thiophene rings is 1. The quantitative estimate of drug-likeness (QED) is 0.881. The predicted octanol–water partition coefficient (Wildman–Crippen LogP) is 1.95. The molecule has 18 heavy (non-hydrogen) atoms. The van der Waals surface area contributed by atoms with Gasteiger partial charge in [0.05, 0.1) is 18.0 Å². The fourth-order valence-electron chi connectivity index (χ4n) is 1.97. The summed E-state index contributed by atoms with van der Waals surface area (Å²) in [6.45, 7) is -1.46. The lowest BCUT2D eigenvalue weighted by Gasteiger charge is -2.13. The molecule has 0 radical (unpaired) electrons. The highest BCUT2D eigenvalue weighted by molar-refractivity contribution is 7.14. The zero-order valence-corrected chi connectivity index (χ0v) is 10.8. The van der Waals surface area contributed by atoms with Crippen LogP contribution in [0.5, 0.6) is 0 Å². The molecule has 0 bridgehead atoms. The van der Waals surface area contributed by atoms with Crippen molar-refractivity contribution in [1.82, 2.24) is 5.32 Å². The smallest absolute Gasteiger partial charge is 0.277 e. The Kier molecular flexibility index (Phi) is 3.97. The second-order valence-electron chi connectivity index (χ2n) is 4.51. The maximum atomic E-state index is 12.9. The van der Waals surface area contributed by atoms with Gasteiger partial charge in [0.15, 0.2) is 0 Å². The lowest BCUT2D eigenvalue weighted by molar-refractivity contribution is 0.0119. The SMILES string of the molecule is NCC(F)(F)CNC(=O)c1cc2c(s1)CCCC2. The van der Waals surface area contributed by atoms with Gasteiger partial charge in [-0.1, -0.05) is 0 Å². The van der Waals surface area contributed by atoms with E-state index in [-0.39, 0.29) is 0 Å². The van der Waals surface area contributed by atoms with Crippen LogP contribution in [0.3, 0.4) is 0 Å². The Morgan fingerprint density at radius 1 is 1.44 bits per heavy atom. The number of fused-ring (bicyclic) bond motifs is 1. The lowest BCUT2D eigenvalue weighted by atomic mass is 9.99. The number of amides is 1. The van der Waals surface area contributed by atoms with Crippen LogP contribution in [0.25, 0.3) is 0 Å². The molecule has 1 aliphatic carbocycles. The van der Waals surface area contributed by atoms with Gasteiger partial charge >= 0.3 is 0 Å². The first kappa shape index (κ1) is 13.4. The van der Waals surface area contributed by atoms with Gasteiger partial charge < -0.3 is 11.1 Å². The summed E-state index contributed by atoms with van der Waals surface area (Å²) in [6.07, 6.45) is 4.25. The molecule has 6 heteroatoms. The molecule has 0 spiro atoms. The molecule has 1 aliphatic rings. The topological polar surface area (TPSA) is 55.1 Å². The molecule has 1 amide bonds. The molecule has 0 aliphatic heterocycles. The monoisotopic (exact) mass is 274 g/mol. The Labute approximate surface area is 108 Å². The van der Waals surface area contributed by atoms with Gasteiger partial charge in [-0.15, -0.1) is 11.3 Å². The molecule has 3 nitrogen and oxygen atoms in total. The molecule has 1 aromatic rings. The van der Waals surface area contributed by atoms with E-state index < -0.39 is 24.9 Å². The highest BCUT2D eigenvalue weighted by Crippen LogP contribution is 2.29. The molecule has 1 aromatic heterocycles. The third-order valence-electron chi connectivity index (χ3n) is 3.03. The Morgan fingerprint density at radius 3 is 2.83 bits per heavy atom. The maximum Gasteiger partial charge on any atom is 0.277 e. The number of carbonyl (C=O) groups excluding carboxylic acids is 1. The summed E-state index contributed by atoms with van der Waals surface area (Å²) in [6, 6.07) is 1.83. The van der Waals surface area contributed by atoms with Crippen molar-refractivity contribution < 1.29 is 13.6 Å². The van der Waals surface area contributed by atoms with Crippen molar-refractivity contribution in [3.8, 4) is 0 Å². The van der Waals surface area contributed by atoms with Crippen molar-refractivity contribution in [2.75, 3.05) is 13.1 Å². The van der Waals surface area contributed by atoms with E-state index in [2.05, 4.69) is 5.32 Å². The van der Waals surface area contributed by atoms with E-state index in [0.29, 0.717) is 4.88 Å². The first-order valence-electron chi connectivity index (χ1n) is 5.99. The molecule has 0 aromatic carbocycles. The Balaban J connectivity index is 1.99. The molecule has 100 valence electrons. The minimum Gasteiger partial charge on any atom is -0.345 e. The summed E-state index contributed by atoms with van der Waals surface area (Å²) in [7, 11) is 0. The van der Waals surface area contributed by atoms with Gasteiger partial charge in [-0.25, -0.2) is 8.78 Å². The summed E-state index contributed by atoms with van der Waals surface area (Å²) in [4.78, 5) is 13.5. The number of rotatable bonds is 4. The van der Waals surface area contributed by atoms with Crippen molar-refractivity contribution in [3.05, 3.63) is 21.4 Å². The van der Waals surface area contributed by atoms with Gasteiger partial charge in [0.2, 0.25) is 0 Å². The molecule has 0 saturated carbocycles. The zero-order chi connectivity index (χ0) is 13.2. The third kappa shape index (κ3) is 3.05. The molecular weight excluding hydrogens is 258 g/mol. The van der Waals surface area contributed by atoms with Gasteiger partial charge in [-0.2, -0.15) is 0 Å². The van der Waals surface area contributed by atoms with Crippen molar-refractivity contribution >= 4 is 17.2 Å². The van der Waals surface area contributed by atoms with Crippen LogP contribution in [0.15, 0.2) is 6.07 Å². The van der Waals surface area contributed by atoms with Crippen LogP contribution < -0.4 is 11.1 Å². The normalized spacial score (nSPS) is 15.3. The molecule has 3 N–H and O–H groups in total. The number of nitrogens with one attached hydrogen (secondary N) is 1. The van der Waals surface area contributed by atoms with Gasteiger partial charge in [0.25, 0.3) is 11.8 Å². The number of alkyl halides is 2. The number of carbonyl (C=O) groups is 1. The number of nitrogens with two attached hydrogens (primary N) is 1. The average molecular weight is 274 g/mol. The van der Waals surface area contributed by atoms with Gasteiger partial charge in [0, 0.05) is 4.88 Å². The minimum atomic E-state index is -3.04. The zero-order valence-electron chi connectivity index (χ0n) is 9.97. The van der Waals surface area contributed by atoms with Crippen LogP contribution in [-0.2, 0) is 12.8 Å². The van der Waals surface area contributed by atoms with Crippen molar-refractivity contribution in [1.29, 1.82) is 0 Å². The van der Waals surface area contributed by atoms with Crippen molar-refractivity contribution in [2.45, 2.75) is 31.6 Å². The van der Waals surface area contributed by atoms with Crippen LogP contribution in [-0.4, -0.2) is 24.9 Å². The van der Waals surface area contributed by atoms with E-state index in [4.69, 9.17) is 5.73 Å². The highest BCUT2D eigenvalue weighted by Gasteiger charge is 2.28. The molecule has 1 heterocycles. The number of hydrogen-bond acceptors (Lipinski definition) is 3. The molecule has 0 atom stereocenters. The Hall–Kier alpha value is -1.01. The summed E-state index contributed by atoms with van der Waals surface area (Å²) in [5.41, 5.74) is 6.11. The highest BCUT2D eigenvalue weighted by atomic mass is 32.1. The number of halogens is 2. The van der Waals surface area contributed by atoms with Crippen LogP contribution >= 0.6 is 11.3 Å². The largest absolute Gasteiger partial charge is 0.345 e. The number of aryl methyl sites for hydroxylation is 2. The fourth-order valence-corrected chi connectivity index (χ4v) is 3.14. The average Bonchev–Trinajstić information content (AvgIpc) is 2.80. The Bertz CT molecular complexity index is 422. The van der Waals surface area contributed by atoms with Gasteiger partial charge in [-0.05, 0) is 37.3 Å². The molecular formula is C12H16F2N2OS. The van der Waals surface area contributed by atoms with E-state index in [0.717, 1.165) is 25.7 Å². The minimum absolute atomic E-state index is 0.428. The van der Waals surface area contributed by atoms with E-state index in [1.54, 1.807) is 0 Å². The van der Waals surface area contributed by atoms with Crippen molar-refractivity contribution in [2.24, 2.45) is 5.73 Å². The van der Waals surface area contributed by atoms with Crippen molar-refractivity contribution in [3.63, 3.8) is 0 Å². The standard InChI is InChI=1S/C12H16F2N2OS/c13-12(14,6-15)7-16-11(17)10-5-8-3-1-2-4-9(8)18-10/h5H,1-4,6-7,15H2,(H,16,17). The molecule has 0 fully saturated rings. The van der Waals surface area contributed by atoms with E-state index >= 15 is 0 Å². The van der Waals surface area contributed by atoms with Crippen LogP contribution in [0.2, 0.25) is 0 Å². The Morgan fingerprint density at radius 2 is 2.17 bits per heavy atom. The fraction of sp³-hybridized carbons (Fsp3) is 0.583. The first-order valence-corrected chi connectivity index (χ1v) is 6.81. The molecule has 0 unspecified atom stereocenters. The van der Waals surface area contributed by atoms with Crippen LogP contribution in [0.1, 0.15) is 33.0 Å². The van der Waals surface area contributed by atoms with E-state index in [9.17, 15) is 13.6 Å². The number of hydrogen-bond donors (Lipinski definition) is 2. The van der Waals surface area contributed by atoms with Gasteiger partial charge in [-0.3, -0.25) is 4.79 Å². The second kappa shape index (κ2) is 5.32. The van der Waals surface area contributed by atoms with Gasteiger partial charge in [0.1, 0.15) is 0 Å². The second-order valence-corrected chi connectivity index (χ2v) is 5.65. The van der Waals surface area contributed by atoms with Crippen LogP contribution in [0, 0.1) is 0 Å². The maximum absolute atomic E-state index is 12.9. The third-order valence-corrected chi connectivity index (χ3v) is 4.26. The summed E-state index contributed by atoms with van der Waals surface area (Å²) in [5.74, 6) is -3.46. The summed E-state index contributed by atoms with van der Waals surface area (Å²) >= 11 is 1.41. The summed E-state index contributed by atoms with van der Waals surface area (Å²) in [5, 5.41) is 2.24. The lowest BCUT2D eigenvalue weighted by Crippen LogP contribution is -2.41. The van der Waals surface area contributed by atoms with E-state index in [1.807, 2.05) is 6.07 Å². The molecule has 2 rings (SSSR count). The van der Waals surface area contributed by atoms with E-state index in [1.165, 1.54) is 21.8 Å². The summed E-state index contributed by atoms with van der Waals surface area (Å²) < 4.78 is 25.8. The van der Waals surface area contributed by atoms with Crippen LogP contribution in [0.4, 0.5) is 8.78 Å². The molecule has 0 saturated heterocycles. The predicted molar refractivity (Wildman–Crippen MR) is 67.3 cm³/mol. The first-order chi connectivity index (χ1) is 8.52.